The van der Waals surface area contributed by atoms with E-state index >= 15 is 0 Å². The predicted octanol–water partition coefficient (Wildman–Crippen LogP) is 1.49. The number of amides is 2. The number of aliphatic hydroxyl groups excluding tert-OH is 1. The van der Waals surface area contributed by atoms with Gasteiger partial charge in [0.05, 0.1) is 12.7 Å². The highest BCUT2D eigenvalue weighted by atomic mass is 16.5. The fraction of sp³-hybridized carbons (Fsp3) is 0.348. The second-order valence-electron chi connectivity index (χ2n) is 7.47. The predicted molar refractivity (Wildman–Crippen MR) is 115 cm³/mol. The summed E-state index contributed by atoms with van der Waals surface area (Å²) in [7, 11) is 1.35. The Kier molecular flexibility index (Phi) is 7.45. The number of hydrogen-bond donors (Lipinski definition) is 4. The molecule has 0 bridgehead atoms. The van der Waals surface area contributed by atoms with E-state index in [9.17, 15) is 14.4 Å². The van der Waals surface area contributed by atoms with Crippen LogP contribution in [0.2, 0.25) is 0 Å². The SMILES string of the molecule is COC(C)C(NC(=O)OCC1c2ccccc2-c2ccccc21)C(=O)N[C@@H](CO)C(=O)O. The van der Waals surface area contributed by atoms with Crippen molar-refractivity contribution in [3.8, 4) is 11.1 Å². The van der Waals surface area contributed by atoms with Crippen molar-refractivity contribution in [1.82, 2.24) is 10.6 Å². The van der Waals surface area contributed by atoms with Crippen LogP contribution in [-0.4, -0.2) is 66.7 Å². The fourth-order valence-electron chi connectivity index (χ4n) is 3.75. The van der Waals surface area contributed by atoms with E-state index in [1.807, 2.05) is 48.5 Å². The van der Waals surface area contributed by atoms with Crippen molar-refractivity contribution in [1.29, 1.82) is 0 Å². The molecule has 4 N–H and O–H groups in total. The van der Waals surface area contributed by atoms with Gasteiger partial charge in [0.2, 0.25) is 5.91 Å². The molecule has 1 aliphatic rings. The first-order valence-electron chi connectivity index (χ1n) is 10.2. The summed E-state index contributed by atoms with van der Waals surface area (Å²) in [6.07, 6.45) is -1.62. The van der Waals surface area contributed by atoms with E-state index in [-0.39, 0.29) is 12.5 Å². The second-order valence-corrected chi connectivity index (χ2v) is 7.47. The zero-order valence-electron chi connectivity index (χ0n) is 17.8. The number of hydrogen-bond acceptors (Lipinski definition) is 6. The number of carbonyl (C=O) groups excluding carboxylic acids is 2. The summed E-state index contributed by atoms with van der Waals surface area (Å²) in [5.74, 6) is -2.36. The average Bonchev–Trinajstić information content (AvgIpc) is 3.12. The minimum absolute atomic E-state index is 0.0595. The molecule has 2 amide bonds. The van der Waals surface area contributed by atoms with Crippen molar-refractivity contribution in [2.24, 2.45) is 0 Å². The number of benzene rings is 2. The van der Waals surface area contributed by atoms with Crippen LogP contribution < -0.4 is 10.6 Å². The molecule has 2 unspecified atom stereocenters. The van der Waals surface area contributed by atoms with Gasteiger partial charge in [0, 0.05) is 13.0 Å². The Bertz CT molecular complexity index is 948. The standard InChI is InChI=1S/C23H26N2O7/c1-13(31-2)20(21(27)24-19(11-26)22(28)29)25-23(30)32-12-18-16-9-5-3-7-14(16)15-8-4-6-10-17(15)18/h3-10,13,18-20,26H,11-12H2,1-2H3,(H,24,27)(H,25,30)(H,28,29)/t13?,19-,20?/m0/s1. The van der Waals surface area contributed by atoms with Crippen molar-refractivity contribution in [3.63, 3.8) is 0 Å². The van der Waals surface area contributed by atoms with Crippen LogP contribution in [0.25, 0.3) is 11.1 Å². The molecule has 0 heterocycles. The Morgan fingerprint density at radius 1 is 1.00 bits per heavy atom. The van der Waals surface area contributed by atoms with E-state index < -0.39 is 42.8 Å². The van der Waals surface area contributed by atoms with Gasteiger partial charge in [0.25, 0.3) is 0 Å². The molecular weight excluding hydrogens is 416 g/mol. The van der Waals surface area contributed by atoms with Crippen LogP contribution in [0.5, 0.6) is 0 Å². The van der Waals surface area contributed by atoms with Crippen LogP contribution in [0.4, 0.5) is 4.79 Å². The van der Waals surface area contributed by atoms with Gasteiger partial charge in [-0.25, -0.2) is 9.59 Å². The van der Waals surface area contributed by atoms with Gasteiger partial charge in [0.1, 0.15) is 18.7 Å². The van der Waals surface area contributed by atoms with Crippen LogP contribution in [0.1, 0.15) is 24.0 Å². The van der Waals surface area contributed by atoms with Crippen molar-refractivity contribution < 1.29 is 34.1 Å². The summed E-state index contributed by atoms with van der Waals surface area (Å²) in [4.78, 5) is 36.1. The molecule has 3 atom stereocenters. The normalized spacial score (nSPS) is 15.1. The number of carbonyl (C=O) groups is 3. The van der Waals surface area contributed by atoms with Gasteiger partial charge in [-0.3, -0.25) is 4.79 Å². The Balaban J connectivity index is 1.68. The molecule has 9 nitrogen and oxygen atoms in total. The molecule has 0 aliphatic heterocycles. The topological polar surface area (TPSA) is 134 Å². The molecule has 9 heteroatoms. The van der Waals surface area contributed by atoms with Crippen LogP contribution in [0.15, 0.2) is 48.5 Å². The lowest BCUT2D eigenvalue weighted by atomic mass is 9.98. The minimum atomic E-state index is -1.50. The molecule has 0 radical (unpaired) electrons. The molecule has 2 aromatic rings. The third kappa shape index (κ3) is 4.90. The Hall–Kier alpha value is -3.43. The first kappa shape index (κ1) is 23.2. The van der Waals surface area contributed by atoms with Crippen LogP contribution in [0, 0.1) is 0 Å². The van der Waals surface area contributed by atoms with Gasteiger partial charge in [-0.05, 0) is 29.2 Å². The lowest BCUT2D eigenvalue weighted by molar-refractivity contribution is -0.143. The van der Waals surface area contributed by atoms with Gasteiger partial charge in [-0.2, -0.15) is 0 Å². The molecule has 2 aromatic carbocycles. The van der Waals surface area contributed by atoms with E-state index in [0.717, 1.165) is 22.3 Å². The van der Waals surface area contributed by atoms with Crippen LogP contribution in [-0.2, 0) is 19.1 Å². The fourth-order valence-corrected chi connectivity index (χ4v) is 3.75. The number of aliphatic hydroxyl groups is 1. The molecule has 0 spiro atoms. The maximum absolute atomic E-state index is 12.5. The van der Waals surface area contributed by atoms with Gasteiger partial charge in [-0.15, -0.1) is 0 Å². The van der Waals surface area contributed by atoms with E-state index in [1.54, 1.807) is 6.92 Å². The second kappa shape index (κ2) is 10.3. The maximum Gasteiger partial charge on any atom is 0.407 e. The highest BCUT2D eigenvalue weighted by molar-refractivity contribution is 5.89. The van der Waals surface area contributed by atoms with Crippen LogP contribution >= 0.6 is 0 Å². The van der Waals surface area contributed by atoms with E-state index in [1.165, 1.54) is 7.11 Å². The monoisotopic (exact) mass is 442 g/mol. The van der Waals surface area contributed by atoms with Gasteiger partial charge in [0.15, 0.2) is 0 Å². The average molecular weight is 442 g/mol. The molecular formula is C23H26N2O7. The Morgan fingerprint density at radius 2 is 1.56 bits per heavy atom. The third-order valence-electron chi connectivity index (χ3n) is 5.54. The van der Waals surface area contributed by atoms with Crippen molar-refractivity contribution >= 4 is 18.0 Å². The number of rotatable bonds is 9. The van der Waals surface area contributed by atoms with E-state index in [0.29, 0.717) is 0 Å². The van der Waals surface area contributed by atoms with E-state index in [4.69, 9.17) is 19.7 Å². The smallest absolute Gasteiger partial charge is 0.407 e. The molecule has 32 heavy (non-hydrogen) atoms. The number of carboxylic acids is 1. The molecule has 0 saturated carbocycles. The summed E-state index contributed by atoms with van der Waals surface area (Å²) >= 11 is 0. The molecule has 3 rings (SSSR count). The first-order valence-corrected chi connectivity index (χ1v) is 10.2. The highest BCUT2D eigenvalue weighted by Crippen LogP contribution is 2.44. The zero-order valence-corrected chi connectivity index (χ0v) is 17.8. The number of methoxy groups -OCH3 is 1. The minimum Gasteiger partial charge on any atom is -0.480 e. The molecule has 1 aliphatic carbocycles. The lowest BCUT2D eigenvalue weighted by Gasteiger charge is -2.25. The molecule has 0 aromatic heterocycles. The third-order valence-corrected chi connectivity index (χ3v) is 5.54. The summed E-state index contributed by atoms with van der Waals surface area (Å²) < 4.78 is 10.6. The van der Waals surface area contributed by atoms with Gasteiger partial charge < -0.3 is 30.3 Å². The number of carboxylic acid groups (broad SMARTS) is 1. The number of nitrogens with one attached hydrogen (secondary N) is 2. The quantitative estimate of drug-likeness (QED) is 0.462. The summed E-state index contributed by atoms with van der Waals surface area (Å²) in [5.41, 5.74) is 4.28. The van der Waals surface area contributed by atoms with Crippen molar-refractivity contribution in [2.75, 3.05) is 20.3 Å². The van der Waals surface area contributed by atoms with Gasteiger partial charge >= 0.3 is 12.1 Å². The molecule has 0 saturated heterocycles. The number of alkyl carbamates (subject to hydrolysis) is 1. The lowest BCUT2D eigenvalue weighted by Crippen LogP contribution is -2.57. The summed E-state index contributed by atoms with van der Waals surface area (Å²) in [5, 5.41) is 22.8. The number of fused-ring (bicyclic) bond motifs is 3. The number of ether oxygens (including phenoxy) is 2. The maximum atomic E-state index is 12.5. The number of aliphatic carboxylic acids is 1. The largest absolute Gasteiger partial charge is 0.480 e. The molecule has 170 valence electrons. The van der Waals surface area contributed by atoms with Crippen LogP contribution in [0.3, 0.4) is 0 Å². The highest BCUT2D eigenvalue weighted by Gasteiger charge is 2.32. The van der Waals surface area contributed by atoms with Gasteiger partial charge in [-0.1, -0.05) is 48.5 Å². The Morgan fingerprint density at radius 3 is 2.06 bits per heavy atom. The molecule has 0 fully saturated rings. The first-order chi connectivity index (χ1) is 15.4. The summed E-state index contributed by atoms with van der Waals surface area (Å²) in [6.45, 7) is 0.812. The zero-order chi connectivity index (χ0) is 23.3. The van der Waals surface area contributed by atoms with E-state index in [2.05, 4.69) is 10.6 Å². The Labute approximate surface area is 185 Å². The van der Waals surface area contributed by atoms with Crippen molar-refractivity contribution in [3.05, 3.63) is 59.7 Å². The van der Waals surface area contributed by atoms with Crippen molar-refractivity contribution in [2.45, 2.75) is 31.0 Å². The summed E-state index contributed by atoms with van der Waals surface area (Å²) in [6, 6.07) is 13.1.